The summed E-state index contributed by atoms with van der Waals surface area (Å²) in [7, 11) is 0. The number of rotatable bonds is 4. The highest BCUT2D eigenvalue weighted by Gasteiger charge is 2.34. The fourth-order valence-corrected chi connectivity index (χ4v) is 3.78. The van der Waals surface area contributed by atoms with Crippen LogP contribution in [0.5, 0.6) is 0 Å². The average Bonchev–Trinajstić information content (AvgIpc) is 2.65. The number of hydrogen-bond acceptors (Lipinski definition) is 4. The van der Waals surface area contributed by atoms with Crippen molar-refractivity contribution in [2.75, 3.05) is 19.6 Å². The molecule has 1 aliphatic rings. The maximum Gasteiger partial charge on any atom is 0.330 e. The summed E-state index contributed by atoms with van der Waals surface area (Å²) in [6.07, 6.45) is 0. The molecule has 3 rings (SSSR count). The Hall–Kier alpha value is -1.59. The van der Waals surface area contributed by atoms with E-state index in [0.29, 0.717) is 13.1 Å². The summed E-state index contributed by atoms with van der Waals surface area (Å²) < 4.78 is 0. The average molecular weight is 435 g/mol. The number of halogens is 2. The van der Waals surface area contributed by atoms with Crippen LogP contribution in [0.3, 0.4) is 0 Å². The Bertz CT molecular complexity index is 786. The van der Waals surface area contributed by atoms with E-state index in [1.54, 1.807) is 5.06 Å². The molecule has 2 aromatic rings. The van der Waals surface area contributed by atoms with Gasteiger partial charge in [-0.3, -0.25) is 4.90 Å². The van der Waals surface area contributed by atoms with Crippen LogP contribution in [0.4, 0.5) is 0 Å². The first-order chi connectivity index (χ1) is 13.6. The normalized spacial score (nSPS) is 18.8. The monoisotopic (exact) mass is 434 g/mol. The van der Waals surface area contributed by atoms with Crippen LogP contribution < -0.4 is 0 Å². The molecule has 0 amide bonds. The lowest BCUT2D eigenvalue weighted by molar-refractivity contribution is -0.211. The molecule has 1 saturated heterocycles. The van der Waals surface area contributed by atoms with Crippen LogP contribution in [-0.4, -0.2) is 41.6 Å². The van der Waals surface area contributed by atoms with Gasteiger partial charge in [-0.1, -0.05) is 47.5 Å². The van der Waals surface area contributed by atoms with Crippen LogP contribution in [0, 0.1) is 5.41 Å². The zero-order chi connectivity index (χ0) is 21.2. The molecule has 0 bridgehead atoms. The number of carbonyl (C=O) groups is 1. The molecule has 1 fully saturated rings. The maximum absolute atomic E-state index is 12.3. The molecule has 156 valence electrons. The van der Waals surface area contributed by atoms with Crippen molar-refractivity contribution in [3.63, 3.8) is 0 Å². The molecule has 0 radical (unpaired) electrons. The van der Waals surface area contributed by atoms with Gasteiger partial charge in [0, 0.05) is 29.2 Å². The molecule has 1 unspecified atom stereocenters. The zero-order valence-electron chi connectivity index (χ0n) is 17.4. The van der Waals surface area contributed by atoms with Gasteiger partial charge in [0.25, 0.3) is 0 Å². The summed E-state index contributed by atoms with van der Waals surface area (Å²) in [5.41, 5.74) is 1.82. The van der Waals surface area contributed by atoms with Gasteiger partial charge in [-0.15, -0.1) is 5.06 Å². The van der Waals surface area contributed by atoms with E-state index in [1.807, 2.05) is 45.0 Å². The van der Waals surface area contributed by atoms with E-state index in [0.717, 1.165) is 16.6 Å². The first-order valence-corrected chi connectivity index (χ1v) is 10.6. The highest BCUT2D eigenvalue weighted by atomic mass is 35.5. The van der Waals surface area contributed by atoms with E-state index >= 15 is 0 Å². The quantitative estimate of drug-likeness (QED) is 0.627. The van der Waals surface area contributed by atoms with Crippen LogP contribution in [0.25, 0.3) is 0 Å². The third-order valence-corrected chi connectivity index (χ3v) is 5.67. The van der Waals surface area contributed by atoms with Gasteiger partial charge >= 0.3 is 5.97 Å². The molecule has 0 saturated carbocycles. The van der Waals surface area contributed by atoms with Gasteiger partial charge < -0.3 is 4.84 Å². The van der Waals surface area contributed by atoms with Crippen molar-refractivity contribution in [1.82, 2.24) is 9.96 Å². The molecule has 0 spiro atoms. The van der Waals surface area contributed by atoms with Crippen molar-refractivity contribution < 1.29 is 9.63 Å². The Morgan fingerprint density at radius 3 is 1.86 bits per heavy atom. The van der Waals surface area contributed by atoms with Gasteiger partial charge in [0.2, 0.25) is 0 Å². The maximum atomic E-state index is 12.3. The molecule has 4 nitrogen and oxygen atoms in total. The lowest BCUT2D eigenvalue weighted by Gasteiger charge is -2.43. The van der Waals surface area contributed by atoms with Crippen molar-refractivity contribution in [2.45, 2.75) is 39.8 Å². The number of benzene rings is 2. The summed E-state index contributed by atoms with van der Waals surface area (Å²) in [5.74, 6) is -0.204. The number of carbonyl (C=O) groups excluding carboxylic acids is 1. The number of hydroxylamine groups is 2. The second-order valence-corrected chi connectivity index (χ2v) is 9.48. The van der Waals surface area contributed by atoms with Gasteiger partial charge in [-0.2, -0.15) is 0 Å². The largest absolute Gasteiger partial charge is 0.367 e. The van der Waals surface area contributed by atoms with E-state index in [1.165, 1.54) is 11.1 Å². The van der Waals surface area contributed by atoms with Gasteiger partial charge in [-0.25, -0.2) is 4.79 Å². The SMILES string of the molecule is CC1CN(OC(=O)C(C)(C)C)CCN1C(c1ccc(Cl)cc1)c1ccc(Cl)cc1. The summed E-state index contributed by atoms with van der Waals surface area (Å²) in [6, 6.07) is 16.2. The fraction of sp³-hybridized carbons (Fsp3) is 0.435. The minimum absolute atomic E-state index is 0.0694. The highest BCUT2D eigenvalue weighted by Crippen LogP contribution is 2.33. The highest BCUT2D eigenvalue weighted by molar-refractivity contribution is 6.30. The van der Waals surface area contributed by atoms with E-state index in [4.69, 9.17) is 28.0 Å². The lowest BCUT2D eigenvalue weighted by atomic mass is 9.95. The standard InChI is InChI=1S/C23H28Cl2N2O2/c1-16-15-26(29-22(28)23(2,3)4)13-14-27(16)21(17-5-9-19(24)10-6-17)18-7-11-20(25)12-8-18/h5-12,16,21H,13-15H2,1-4H3. The fourth-order valence-electron chi connectivity index (χ4n) is 3.52. The van der Waals surface area contributed by atoms with Crippen molar-refractivity contribution in [3.05, 3.63) is 69.7 Å². The first kappa shape index (κ1) is 22.1. The van der Waals surface area contributed by atoms with Crippen LogP contribution in [0.15, 0.2) is 48.5 Å². The summed E-state index contributed by atoms with van der Waals surface area (Å²) >= 11 is 12.2. The zero-order valence-corrected chi connectivity index (χ0v) is 18.9. The van der Waals surface area contributed by atoms with Crippen molar-refractivity contribution in [3.8, 4) is 0 Å². The Balaban J connectivity index is 1.82. The van der Waals surface area contributed by atoms with E-state index in [2.05, 4.69) is 36.1 Å². The van der Waals surface area contributed by atoms with E-state index in [-0.39, 0.29) is 18.1 Å². The Labute approximate surface area is 183 Å². The van der Waals surface area contributed by atoms with Gasteiger partial charge in [-0.05, 0) is 63.1 Å². The van der Waals surface area contributed by atoms with E-state index in [9.17, 15) is 4.79 Å². The minimum atomic E-state index is -0.518. The smallest absolute Gasteiger partial charge is 0.330 e. The molecule has 0 aromatic heterocycles. The molecule has 0 aliphatic carbocycles. The van der Waals surface area contributed by atoms with Crippen LogP contribution >= 0.6 is 23.2 Å². The molecule has 0 N–H and O–H groups in total. The van der Waals surface area contributed by atoms with Gasteiger partial charge in [0.05, 0.1) is 18.0 Å². The van der Waals surface area contributed by atoms with Crippen LogP contribution in [0.2, 0.25) is 10.0 Å². The van der Waals surface area contributed by atoms with Crippen LogP contribution in [0.1, 0.15) is 44.9 Å². The van der Waals surface area contributed by atoms with Gasteiger partial charge in [0.1, 0.15) is 0 Å². The second kappa shape index (κ2) is 9.05. The Morgan fingerprint density at radius 1 is 0.966 bits per heavy atom. The molecule has 2 aromatic carbocycles. The third-order valence-electron chi connectivity index (χ3n) is 5.17. The number of hydrogen-bond donors (Lipinski definition) is 0. The van der Waals surface area contributed by atoms with Crippen molar-refractivity contribution in [1.29, 1.82) is 0 Å². The predicted octanol–water partition coefficient (Wildman–Crippen LogP) is 5.59. The summed E-state index contributed by atoms with van der Waals surface area (Å²) in [4.78, 5) is 20.3. The Kier molecular flexibility index (Phi) is 6.90. The lowest BCUT2D eigenvalue weighted by Crippen LogP contribution is -2.53. The number of piperazine rings is 1. The molecule has 29 heavy (non-hydrogen) atoms. The van der Waals surface area contributed by atoms with Crippen molar-refractivity contribution >= 4 is 29.2 Å². The predicted molar refractivity (Wildman–Crippen MR) is 118 cm³/mol. The van der Waals surface area contributed by atoms with Gasteiger partial charge in [0.15, 0.2) is 0 Å². The first-order valence-electron chi connectivity index (χ1n) is 9.89. The summed E-state index contributed by atoms with van der Waals surface area (Å²) in [5, 5.41) is 3.22. The Morgan fingerprint density at radius 2 is 1.45 bits per heavy atom. The topological polar surface area (TPSA) is 32.8 Å². The molecule has 6 heteroatoms. The summed E-state index contributed by atoms with van der Waals surface area (Å²) in [6.45, 7) is 9.85. The third kappa shape index (κ3) is 5.52. The van der Waals surface area contributed by atoms with Crippen LogP contribution in [-0.2, 0) is 9.63 Å². The second-order valence-electron chi connectivity index (χ2n) is 8.61. The molecular formula is C23H28Cl2N2O2. The molecular weight excluding hydrogens is 407 g/mol. The minimum Gasteiger partial charge on any atom is -0.367 e. The molecule has 1 heterocycles. The molecule has 1 atom stereocenters. The van der Waals surface area contributed by atoms with Crippen molar-refractivity contribution in [2.24, 2.45) is 5.41 Å². The van der Waals surface area contributed by atoms with E-state index < -0.39 is 5.41 Å². The molecule has 1 aliphatic heterocycles. The number of nitrogens with zero attached hydrogens (tertiary/aromatic N) is 2.